The van der Waals surface area contributed by atoms with Gasteiger partial charge in [-0.1, -0.05) is 12.1 Å². The molecule has 1 aromatic heterocycles. The summed E-state index contributed by atoms with van der Waals surface area (Å²) in [7, 11) is 0. The van der Waals surface area contributed by atoms with E-state index < -0.39 is 0 Å². The molecule has 3 N–H and O–H groups in total. The summed E-state index contributed by atoms with van der Waals surface area (Å²) >= 11 is 0. The predicted molar refractivity (Wildman–Crippen MR) is 116 cm³/mol. The predicted octanol–water partition coefficient (Wildman–Crippen LogP) is 3.62. The van der Waals surface area contributed by atoms with Crippen molar-refractivity contribution in [3.05, 3.63) is 65.2 Å². The van der Waals surface area contributed by atoms with Crippen LogP contribution in [-0.4, -0.2) is 34.5 Å². The molecule has 3 aliphatic rings. The minimum atomic E-state index is -0.256. The van der Waals surface area contributed by atoms with Crippen LogP contribution in [0.4, 0.5) is 9.18 Å². The number of hydrazine groups is 1. The Morgan fingerprint density at radius 2 is 1.94 bits per heavy atom. The molecule has 2 amide bonds. The normalized spacial score (nSPS) is 31.4. The van der Waals surface area contributed by atoms with Crippen LogP contribution in [0.3, 0.4) is 0 Å². The second kappa shape index (κ2) is 8.20. The first-order chi connectivity index (χ1) is 15.0. The van der Waals surface area contributed by atoms with Crippen LogP contribution in [0.1, 0.15) is 55.1 Å². The van der Waals surface area contributed by atoms with Crippen LogP contribution in [0, 0.1) is 24.6 Å². The van der Waals surface area contributed by atoms with Gasteiger partial charge in [-0.2, -0.15) is 0 Å². The van der Waals surface area contributed by atoms with Gasteiger partial charge in [0.2, 0.25) is 0 Å². The summed E-state index contributed by atoms with van der Waals surface area (Å²) in [5.41, 5.74) is 10.2. The zero-order chi connectivity index (χ0) is 21.5. The van der Waals surface area contributed by atoms with E-state index in [4.69, 9.17) is 0 Å². The smallest absolute Gasteiger partial charge is 0.318 e. The third-order valence-corrected chi connectivity index (χ3v) is 7.43. The quantitative estimate of drug-likeness (QED) is 0.705. The Hall–Kier alpha value is -2.51. The summed E-state index contributed by atoms with van der Waals surface area (Å²) in [6, 6.07) is 11.4. The van der Waals surface area contributed by atoms with E-state index in [1.165, 1.54) is 17.7 Å². The molecule has 6 atom stereocenters. The number of carbonyl (C=O) groups excluding carboxylic acids is 1. The van der Waals surface area contributed by atoms with Gasteiger partial charge in [-0.05, 0) is 80.3 Å². The first kappa shape index (κ1) is 20.4. The Morgan fingerprint density at radius 1 is 1.13 bits per heavy atom. The highest BCUT2D eigenvalue weighted by molar-refractivity contribution is 5.75. The maximum Gasteiger partial charge on any atom is 0.318 e. The Morgan fingerprint density at radius 3 is 2.71 bits per heavy atom. The van der Waals surface area contributed by atoms with Crippen molar-refractivity contribution in [3.8, 4) is 0 Å². The zero-order valence-corrected chi connectivity index (χ0v) is 18.0. The van der Waals surface area contributed by atoms with E-state index in [1.54, 1.807) is 12.1 Å². The molecule has 31 heavy (non-hydrogen) atoms. The van der Waals surface area contributed by atoms with Gasteiger partial charge in [0.15, 0.2) is 0 Å². The largest absolute Gasteiger partial charge is 0.335 e. The van der Waals surface area contributed by atoms with E-state index >= 15 is 0 Å². The lowest BCUT2D eigenvalue weighted by Gasteiger charge is -2.38. The minimum Gasteiger partial charge on any atom is -0.335 e. The van der Waals surface area contributed by atoms with E-state index in [-0.39, 0.29) is 30.0 Å². The van der Waals surface area contributed by atoms with Crippen molar-refractivity contribution in [2.45, 2.75) is 57.3 Å². The third kappa shape index (κ3) is 3.92. The minimum absolute atomic E-state index is 0.0185. The fourth-order valence-electron chi connectivity index (χ4n) is 5.68. The maximum atomic E-state index is 13.3. The summed E-state index contributed by atoms with van der Waals surface area (Å²) in [5, 5.41) is 3.30. The number of urea groups is 1. The van der Waals surface area contributed by atoms with Gasteiger partial charge in [0.25, 0.3) is 0 Å². The average Bonchev–Trinajstić information content (AvgIpc) is 3.09. The van der Waals surface area contributed by atoms with Crippen LogP contribution in [0.25, 0.3) is 0 Å². The van der Waals surface area contributed by atoms with Crippen LogP contribution in [0.5, 0.6) is 0 Å². The molecule has 7 heteroatoms. The molecule has 0 radical (unpaired) electrons. The standard InChI is InChI=1S/C24H30FN5O/c1-14-11-18(7-9-26-14)23-20-12-17-8-10-30(15(2)16-3-5-19(25)6-4-16)24(31)27-21(17)13-22(20)28-29-23/h3-7,9,11,15,17,20-23,28-29H,8,10,12-13H2,1-2H3,(H,27,31)/t15-,17?,20?,21?,22?,23?/m1/s1. The number of halogens is 1. The number of hydrogen-bond donors (Lipinski definition) is 3. The number of amides is 2. The van der Waals surface area contributed by atoms with Crippen LogP contribution in [0.2, 0.25) is 0 Å². The Labute approximate surface area is 182 Å². The molecule has 6 nitrogen and oxygen atoms in total. The number of rotatable bonds is 3. The molecular weight excluding hydrogens is 393 g/mol. The van der Waals surface area contributed by atoms with E-state index in [2.05, 4.69) is 33.3 Å². The number of fused-ring (bicyclic) bond motifs is 2. The van der Waals surface area contributed by atoms with Gasteiger partial charge >= 0.3 is 6.03 Å². The Bertz CT molecular complexity index is 951. The number of nitrogens with one attached hydrogen (secondary N) is 3. The van der Waals surface area contributed by atoms with Crippen molar-refractivity contribution < 1.29 is 9.18 Å². The van der Waals surface area contributed by atoms with Crippen LogP contribution >= 0.6 is 0 Å². The molecular formula is C24H30FN5O. The summed E-state index contributed by atoms with van der Waals surface area (Å²) in [6.07, 6.45) is 4.85. The number of aryl methyl sites for hydroxylation is 1. The highest BCUT2D eigenvalue weighted by Crippen LogP contribution is 2.42. The zero-order valence-electron chi connectivity index (χ0n) is 18.0. The number of nitrogens with zero attached hydrogens (tertiary/aromatic N) is 2. The van der Waals surface area contributed by atoms with E-state index in [1.807, 2.05) is 24.9 Å². The number of carbonyl (C=O) groups is 1. The van der Waals surface area contributed by atoms with Crippen LogP contribution in [-0.2, 0) is 0 Å². The number of benzene rings is 1. The molecule has 164 valence electrons. The molecule has 1 aromatic carbocycles. The Balaban J connectivity index is 1.31. The lowest BCUT2D eigenvalue weighted by Crippen LogP contribution is -2.50. The molecule has 0 bridgehead atoms. The molecule has 5 rings (SSSR count). The fraction of sp³-hybridized carbons (Fsp3) is 0.500. The van der Waals surface area contributed by atoms with Crippen molar-refractivity contribution in [1.29, 1.82) is 0 Å². The van der Waals surface area contributed by atoms with E-state index in [9.17, 15) is 9.18 Å². The lowest BCUT2D eigenvalue weighted by molar-refractivity contribution is 0.177. The molecule has 2 aliphatic heterocycles. The first-order valence-electron chi connectivity index (χ1n) is 11.3. The third-order valence-electron chi connectivity index (χ3n) is 7.43. The lowest BCUT2D eigenvalue weighted by atomic mass is 9.71. The summed E-state index contributed by atoms with van der Waals surface area (Å²) in [6.45, 7) is 4.75. The van der Waals surface area contributed by atoms with Crippen molar-refractivity contribution in [2.24, 2.45) is 11.8 Å². The van der Waals surface area contributed by atoms with Gasteiger partial charge < -0.3 is 10.2 Å². The molecule has 1 aliphatic carbocycles. The van der Waals surface area contributed by atoms with Gasteiger partial charge in [-0.15, -0.1) is 0 Å². The molecule has 2 saturated heterocycles. The average molecular weight is 424 g/mol. The molecule has 3 heterocycles. The summed E-state index contributed by atoms with van der Waals surface area (Å²) in [4.78, 5) is 19.3. The Kier molecular flexibility index (Phi) is 5.40. The summed E-state index contributed by atoms with van der Waals surface area (Å²) in [5.74, 6) is 0.678. The SMILES string of the molecule is Cc1cc(C2NNC3CC4NC(=O)N([C@H](C)c5ccc(F)cc5)CCC4CC32)ccn1. The van der Waals surface area contributed by atoms with Crippen molar-refractivity contribution in [1.82, 2.24) is 26.1 Å². The van der Waals surface area contributed by atoms with E-state index in [0.29, 0.717) is 24.4 Å². The number of pyridine rings is 1. The van der Waals surface area contributed by atoms with Gasteiger partial charge in [-0.25, -0.2) is 14.6 Å². The van der Waals surface area contributed by atoms with Crippen molar-refractivity contribution in [3.63, 3.8) is 0 Å². The van der Waals surface area contributed by atoms with Crippen LogP contribution in [0.15, 0.2) is 42.6 Å². The van der Waals surface area contributed by atoms with Crippen molar-refractivity contribution >= 4 is 6.03 Å². The summed E-state index contributed by atoms with van der Waals surface area (Å²) < 4.78 is 13.3. The molecule has 3 fully saturated rings. The second-order valence-electron chi connectivity index (χ2n) is 9.26. The number of aromatic nitrogens is 1. The van der Waals surface area contributed by atoms with Crippen LogP contribution < -0.4 is 16.2 Å². The first-order valence-corrected chi connectivity index (χ1v) is 11.3. The molecule has 0 spiro atoms. The molecule has 5 unspecified atom stereocenters. The fourth-order valence-corrected chi connectivity index (χ4v) is 5.68. The van der Waals surface area contributed by atoms with Gasteiger partial charge in [0.1, 0.15) is 5.82 Å². The van der Waals surface area contributed by atoms with Gasteiger partial charge in [-0.3, -0.25) is 10.4 Å². The highest BCUT2D eigenvalue weighted by atomic mass is 19.1. The molecule has 2 aromatic rings. The van der Waals surface area contributed by atoms with Gasteiger partial charge in [0, 0.05) is 30.5 Å². The maximum absolute atomic E-state index is 13.3. The monoisotopic (exact) mass is 423 g/mol. The van der Waals surface area contributed by atoms with E-state index in [0.717, 1.165) is 30.5 Å². The number of hydrogen-bond acceptors (Lipinski definition) is 4. The van der Waals surface area contributed by atoms with Crippen molar-refractivity contribution in [2.75, 3.05) is 6.54 Å². The second-order valence-corrected chi connectivity index (χ2v) is 9.26. The topological polar surface area (TPSA) is 69.3 Å². The van der Waals surface area contributed by atoms with Gasteiger partial charge in [0.05, 0.1) is 12.1 Å². The highest BCUT2D eigenvalue weighted by Gasteiger charge is 2.46. The molecule has 1 saturated carbocycles.